The molecule has 0 saturated heterocycles. The fourth-order valence-corrected chi connectivity index (χ4v) is 2.56. The summed E-state index contributed by atoms with van der Waals surface area (Å²) in [5, 5.41) is 3.36. The SMILES string of the molecule is Cc1ccc(C)c(C(CN)Nc2ccc(F)c(Br)c2)c1. The fraction of sp³-hybridized carbons (Fsp3) is 0.250. The van der Waals surface area contributed by atoms with E-state index in [4.69, 9.17) is 5.73 Å². The Kier molecular flexibility index (Phi) is 4.78. The fourth-order valence-electron chi connectivity index (χ4n) is 2.19. The molecule has 2 aromatic carbocycles. The Morgan fingerprint density at radius 3 is 2.60 bits per heavy atom. The van der Waals surface area contributed by atoms with Crippen LogP contribution in [0.1, 0.15) is 22.7 Å². The molecule has 0 aliphatic carbocycles. The molecule has 2 nitrogen and oxygen atoms in total. The lowest BCUT2D eigenvalue weighted by molar-refractivity contribution is 0.621. The standard InChI is InChI=1S/C16H18BrFN2/c1-10-3-4-11(2)13(7-10)16(9-19)20-12-5-6-15(18)14(17)8-12/h3-8,16,20H,9,19H2,1-2H3. The van der Waals surface area contributed by atoms with Crippen molar-refractivity contribution in [2.75, 3.05) is 11.9 Å². The quantitative estimate of drug-likeness (QED) is 0.872. The molecule has 0 saturated carbocycles. The van der Waals surface area contributed by atoms with Crippen LogP contribution in [-0.2, 0) is 0 Å². The Morgan fingerprint density at radius 1 is 1.20 bits per heavy atom. The van der Waals surface area contributed by atoms with E-state index in [0.717, 1.165) is 5.69 Å². The minimum absolute atomic E-state index is 0.00672. The van der Waals surface area contributed by atoms with E-state index in [1.165, 1.54) is 22.8 Å². The van der Waals surface area contributed by atoms with Crippen LogP contribution in [0, 0.1) is 19.7 Å². The summed E-state index contributed by atoms with van der Waals surface area (Å²) in [5.74, 6) is -0.272. The van der Waals surface area contributed by atoms with Crippen LogP contribution in [0.3, 0.4) is 0 Å². The highest BCUT2D eigenvalue weighted by molar-refractivity contribution is 9.10. The van der Waals surface area contributed by atoms with Crippen molar-refractivity contribution in [2.24, 2.45) is 5.73 Å². The average Bonchev–Trinajstić information content (AvgIpc) is 2.43. The van der Waals surface area contributed by atoms with E-state index in [9.17, 15) is 4.39 Å². The second-order valence-electron chi connectivity index (χ2n) is 4.92. The van der Waals surface area contributed by atoms with Crippen molar-refractivity contribution >= 4 is 21.6 Å². The molecule has 0 bridgehead atoms. The Bertz CT molecular complexity index is 613. The molecule has 0 aliphatic rings. The molecule has 0 aromatic heterocycles. The first-order chi connectivity index (χ1) is 9.51. The van der Waals surface area contributed by atoms with Gasteiger partial charge in [0, 0.05) is 12.2 Å². The smallest absolute Gasteiger partial charge is 0.137 e. The van der Waals surface area contributed by atoms with Gasteiger partial charge < -0.3 is 11.1 Å². The molecule has 0 aliphatic heterocycles. The van der Waals surface area contributed by atoms with Gasteiger partial charge in [0.25, 0.3) is 0 Å². The van der Waals surface area contributed by atoms with Crippen LogP contribution < -0.4 is 11.1 Å². The molecule has 2 aromatic rings. The molecule has 20 heavy (non-hydrogen) atoms. The first-order valence-electron chi connectivity index (χ1n) is 6.50. The monoisotopic (exact) mass is 336 g/mol. The molecule has 4 heteroatoms. The number of anilines is 1. The van der Waals surface area contributed by atoms with Crippen LogP contribution in [0.15, 0.2) is 40.9 Å². The molecule has 0 radical (unpaired) electrons. The van der Waals surface area contributed by atoms with Crippen molar-refractivity contribution in [3.63, 3.8) is 0 Å². The first-order valence-corrected chi connectivity index (χ1v) is 7.29. The van der Waals surface area contributed by atoms with Crippen LogP contribution in [0.4, 0.5) is 10.1 Å². The minimum atomic E-state index is -0.272. The zero-order chi connectivity index (χ0) is 14.7. The maximum Gasteiger partial charge on any atom is 0.137 e. The predicted octanol–water partition coefficient (Wildman–Crippen LogP) is 4.32. The van der Waals surface area contributed by atoms with Gasteiger partial charge in [-0.15, -0.1) is 0 Å². The molecule has 106 valence electrons. The average molecular weight is 337 g/mol. The van der Waals surface area contributed by atoms with Crippen molar-refractivity contribution in [1.29, 1.82) is 0 Å². The number of halogens is 2. The van der Waals surface area contributed by atoms with Crippen molar-refractivity contribution in [3.8, 4) is 0 Å². The molecule has 0 amide bonds. The van der Waals surface area contributed by atoms with Gasteiger partial charge >= 0.3 is 0 Å². The lowest BCUT2D eigenvalue weighted by Gasteiger charge is -2.21. The molecule has 0 fully saturated rings. The van der Waals surface area contributed by atoms with Gasteiger partial charge in [0.1, 0.15) is 5.82 Å². The van der Waals surface area contributed by atoms with E-state index in [1.54, 1.807) is 12.1 Å². The second kappa shape index (κ2) is 6.37. The maximum atomic E-state index is 13.3. The zero-order valence-electron chi connectivity index (χ0n) is 11.6. The topological polar surface area (TPSA) is 38.0 Å². The molecule has 0 heterocycles. The molecular formula is C16H18BrFN2. The Labute approximate surface area is 127 Å². The molecule has 1 atom stereocenters. The summed E-state index contributed by atoms with van der Waals surface area (Å²) in [7, 11) is 0. The van der Waals surface area contributed by atoms with E-state index in [1.807, 2.05) is 0 Å². The molecule has 1 unspecified atom stereocenters. The molecule has 3 N–H and O–H groups in total. The van der Waals surface area contributed by atoms with Crippen molar-refractivity contribution in [2.45, 2.75) is 19.9 Å². The highest BCUT2D eigenvalue weighted by Gasteiger charge is 2.13. The van der Waals surface area contributed by atoms with Gasteiger partial charge in [-0.05, 0) is 59.1 Å². The number of benzene rings is 2. The highest BCUT2D eigenvalue weighted by Crippen LogP contribution is 2.26. The van der Waals surface area contributed by atoms with Crippen LogP contribution in [-0.4, -0.2) is 6.54 Å². The van der Waals surface area contributed by atoms with E-state index in [2.05, 4.69) is 53.3 Å². The summed E-state index contributed by atoms with van der Waals surface area (Å²) in [4.78, 5) is 0. The Hall–Kier alpha value is -1.39. The normalized spacial score (nSPS) is 12.2. The van der Waals surface area contributed by atoms with Crippen LogP contribution in [0.5, 0.6) is 0 Å². The number of nitrogens with two attached hydrogens (primary N) is 1. The third-order valence-electron chi connectivity index (χ3n) is 3.31. The summed E-state index contributed by atoms with van der Waals surface area (Å²) in [6, 6.07) is 11.2. The lowest BCUT2D eigenvalue weighted by atomic mass is 9.98. The molecule has 0 spiro atoms. The third-order valence-corrected chi connectivity index (χ3v) is 3.91. The largest absolute Gasteiger partial charge is 0.377 e. The van der Waals surface area contributed by atoms with Crippen LogP contribution in [0.2, 0.25) is 0 Å². The predicted molar refractivity (Wildman–Crippen MR) is 85.4 cm³/mol. The van der Waals surface area contributed by atoms with Crippen LogP contribution >= 0.6 is 15.9 Å². The maximum absolute atomic E-state index is 13.3. The van der Waals surface area contributed by atoms with E-state index in [0.29, 0.717) is 11.0 Å². The summed E-state index contributed by atoms with van der Waals surface area (Å²) in [6.07, 6.45) is 0. The Morgan fingerprint density at radius 2 is 1.95 bits per heavy atom. The van der Waals surface area contributed by atoms with E-state index in [-0.39, 0.29) is 11.9 Å². The van der Waals surface area contributed by atoms with Crippen molar-refractivity contribution in [1.82, 2.24) is 0 Å². The summed E-state index contributed by atoms with van der Waals surface area (Å²) in [5.41, 5.74) is 10.3. The Balaban J connectivity index is 2.28. The number of hydrogen-bond donors (Lipinski definition) is 2. The molecular weight excluding hydrogens is 319 g/mol. The van der Waals surface area contributed by atoms with Gasteiger partial charge in [-0.25, -0.2) is 4.39 Å². The van der Waals surface area contributed by atoms with E-state index >= 15 is 0 Å². The molecule has 2 rings (SSSR count). The lowest BCUT2D eigenvalue weighted by Crippen LogP contribution is -2.21. The van der Waals surface area contributed by atoms with Gasteiger partial charge in [-0.3, -0.25) is 0 Å². The summed E-state index contributed by atoms with van der Waals surface area (Å²) >= 11 is 3.19. The minimum Gasteiger partial charge on any atom is -0.377 e. The van der Waals surface area contributed by atoms with Crippen molar-refractivity contribution in [3.05, 3.63) is 63.4 Å². The summed E-state index contributed by atoms with van der Waals surface area (Å²) in [6.45, 7) is 4.60. The first kappa shape index (κ1) is 15.0. The van der Waals surface area contributed by atoms with Crippen LogP contribution in [0.25, 0.3) is 0 Å². The highest BCUT2D eigenvalue weighted by atomic mass is 79.9. The zero-order valence-corrected chi connectivity index (χ0v) is 13.2. The number of hydrogen-bond acceptors (Lipinski definition) is 2. The van der Waals surface area contributed by atoms with E-state index < -0.39 is 0 Å². The van der Waals surface area contributed by atoms with Gasteiger partial charge in [-0.2, -0.15) is 0 Å². The van der Waals surface area contributed by atoms with Gasteiger partial charge in [0.2, 0.25) is 0 Å². The number of nitrogens with one attached hydrogen (secondary N) is 1. The second-order valence-corrected chi connectivity index (χ2v) is 5.78. The third kappa shape index (κ3) is 3.38. The number of aryl methyl sites for hydroxylation is 2. The van der Waals surface area contributed by atoms with Gasteiger partial charge in [0.05, 0.1) is 10.5 Å². The van der Waals surface area contributed by atoms with Crippen molar-refractivity contribution < 1.29 is 4.39 Å². The summed E-state index contributed by atoms with van der Waals surface area (Å²) < 4.78 is 13.7. The number of rotatable bonds is 4. The van der Waals surface area contributed by atoms with Gasteiger partial charge in [0.15, 0.2) is 0 Å². The van der Waals surface area contributed by atoms with Gasteiger partial charge in [-0.1, -0.05) is 23.8 Å².